The number of hydrogen-bond donors (Lipinski definition) is 1. The average Bonchev–Trinajstić information content (AvgIpc) is 2.85. The van der Waals surface area contributed by atoms with E-state index >= 15 is 0 Å². The van der Waals surface area contributed by atoms with Crippen molar-refractivity contribution >= 4 is 15.9 Å². The third kappa shape index (κ3) is 4.79. The van der Waals surface area contributed by atoms with Gasteiger partial charge in [0.05, 0.1) is 16.7 Å². The van der Waals surface area contributed by atoms with Crippen LogP contribution in [0, 0.1) is 0 Å². The Bertz CT molecular complexity index is 403. The molecule has 0 amide bonds. The van der Waals surface area contributed by atoms with Crippen LogP contribution in [0.4, 0.5) is 0 Å². The molecule has 0 spiro atoms. The molecule has 19 heavy (non-hydrogen) atoms. The standard InChI is InChI=1S/C15H22BrNO2/c1-11(2)19-15-6-5-12(8-14(15)16)9-17-10-13-4-3-7-18-13/h5-6,8,11,13,17H,3-4,7,9-10H2,1-2H3/t13-/m1/s1. The van der Waals surface area contributed by atoms with Gasteiger partial charge in [-0.2, -0.15) is 0 Å². The molecule has 1 aromatic rings. The molecule has 0 radical (unpaired) electrons. The first kappa shape index (κ1) is 14.8. The number of benzene rings is 1. The molecule has 1 saturated heterocycles. The van der Waals surface area contributed by atoms with Gasteiger partial charge in [-0.3, -0.25) is 0 Å². The maximum absolute atomic E-state index is 5.70. The van der Waals surface area contributed by atoms with E-state index in [0.29, 0.717) is 6.10 Å². The van der Waals surface area contributed by atoms with Crippen LogP contribution in [0.15, 0.2) is 22.7 Å². The molecule has 1 N–H and O–H groups in total. The quantitative estimate of drug-likeness (QED) is 0.867. The van der Waals surface area contributed by atoms with Crippen LogP contribution in [-0.4, -0.2) is 25.4 Å². The number of rotatable bonds is 6. The SMILES string of the molecule is CC(C)Oc1ccc(CNC[C@H]2CCCO2)cc1Br. The molecule has 3 nitrogen and oxygen atoms in total. The van der Waals surface area contributed by atoms with Crippen molar-refractivity contribution in [3.8, 4) is 5.75 Å². The first-order valence-corrected chi connectivity index (χ1v) is 7.72. The third-order valence-corrected chi connectivity index (χ3v) is 3.70. The van der Waals surface area contributed by atoms with Crippen molar-refractivity contribution in [3.63, 3.8) is 0 Å². The van der Waals surface area contributed by atoms with Gasteiger partial charge in [0, 0.05) is 19.7 Å². The molecule has 0 aromatic heterocycles. The molecule has 1 aliphatic heterocycles. The Balaban J connectivity index is 1.81. The zero-order valence-corrected chi connectivity index (χ0v) is 13.2. The van der Waals surface area contributed by atoms with Gasteiger partial charge in [-0.05, 0) is 60.3 Å². The molecule has 2 rings (SSSR count). The maximum atomic E-state index is 5.70. The lowest BCUT2D eigenvalue weighted by atomic mass is 10.2. The summed E-state index contributed by atoms with van der Waals surface area (Å²) in [4.78, 5) is 0. The summed E-state index contributed by atoms with van der Waals surface area (Å²) in [5.41, 5.74) is 1.25. The van der Waals surface area contributed by atoms with Crippen LogP contribution < -0.4 is 10.1 Å². The minimum Gasteiger partial charge on any atom is -0.490 e. The molecule has 0 saturated carbocycles. The summed E-state index contributed by atoms with van der Waals surface area (Å²) in [6, 6.07) is 6.23. The lowest BCUT2D eigenvalue weighted by Gasteiger charge is -2.14. The summed E-state index contributed by atoms with van der Waals surface area (Å²) in [6.07, 6.45) is 2.96. The minimum absolute atomic E-state index is 0.194. The van der Waals surface area contributed by atoms with Crippen molar-refractivity contribution in [2.45, 2.75) is 45.4 Å². The van der Waals surface area contributed by atoms with Gasteiger partial charge in [-0.1, -0.05) is 6.07 Å². The van der Waals surface area contributed by atoms with Crippen LogP contribution in [0.25, 0.3) is 0 Å². The van der Waals surface area contributed by atoms with Gasteiger partial charge < -0.3 is 14.8 Å². The predicted octanol–water partition coefficient (Wildman–Crippen LogP) is 3.50. The van der Waals surface area contributed by atoms with E-state index in [-0.39, 0.29) is 6.10 Å². The van der Waals surface area contributed by atoms with Gasteiger partial charge in [0.2, 0.25) is 0 Å². The summed E-state index contributed by atoms with van der Waals surface area (Å²) in [5.74, 6) is 0.901. The molecule has 1 aliphatic rings. The summed E-state index contributed by atoms with van der Waals surface area (Å²) in [5, 5.41) is 3.44. The Kier molecular flexibility index (Phi) is 5.67. The van der Waals surface area contributed by atoms with E-state index in [1.54, 1.807) is 0 Å². The van der Waals surface area contributed by atoms with Crippen LogP contribution in [0.3, 0.4) is 0 Å². The van der Waals surface area contributed by atoms with Crippen molar-refractivity contribution in [2.24, 2.45) is 0 Å². The van der Waals surface area contributed by atoms with Gasteiger partial charge in [-0.25, -0.2) is 0 Å². The Morgan fingerprint density at radius 3 is 2.95 bits per heavy atom. The Morgan fingerprint density at radius 1 is 1.47 bits per heavy atom. The third-order valence-electron chi connectivity index (χ3n) is 3.08. The Hall–Kier alpha value is -0.580. The predicted molar refractivity (Wildman–Crippen MR) is 80.6 cm³/mol. The Labute approximate surface area is 123 Å². The second kappa shape index (κ2) is 7.27. The molecule has 4 heteroatoms. The number of hydrogen-bond acceptors (Lipinski definition) is 3. The van der Waals surface area contributed by atoms with Crippen molar-refractivity contribution in [3.05, 3.63) is 28.2 Å². The molecular weight excluding hydrogens is 306 g/mol. The van der Waals surface area contributed by atoms with Crippen LogP contribution >= 0.6 is 15.9 Å². The van der Waals surface area contributed by atoms with Crippen molar-refractivity contribution in [2.75, 3.05) is 13.2 Å². The van der Waals surface area contributed by atoms with Crippen LogP contribution in [0.5, 0.6) is 5.75 Å². The monoisotopic (exact) mass is 327 g/mol. The van der Waals surface area contributed by atoms with Gasteiger partial charge in [0.25, 0.3) is 0 Å². The molecule has 106 valence electrons. The van der Waals surface area contributed by atoms with E-state index < -0.39 is 0 Å². The fourth-order valence-electron chi connectivity index (χ4n) is 2.19. The van der Waals surface area contributed by atoms with Crippen molar-refractivity contribution in [1.82, 2.24) is 5.32 Å². The molecule has 1 aromatic carbocycles. The first-order valence-electron chi connectivity index (χ1n) is 6.92. The molecule has 0 unspecified atom stereocenters. The van der Waals surface area contributed by atoms with E-state index in [2.05, 4.69) is 33.4 Å². The van der Waals surface area contributed by atoms with Crippen LogP contribution in [0.1, 0.15) is 32.3 Å². The fourth-order valence-corrected chi connectivity index (χ4v) is 2.71. The zero-order valence-electron chi connectivity index (χ0n) is 11.6. The summed E-state index contributed by atoms with van der Waals surface area (Å²) >= 11 is 3.56. The summed E-state index contributed by atoms with van der Waals surface area (Å²) in [6.45, 7) is 6.77. The average molecular weight is 328 g/mol. The van der Waals surface area contributed by atoms with Gasteiger partial charge in [-0.15, -0.1) is 0 Å². The van der Waals surface area contributed by atoms with E-state index in [1.165, 1.54) is 18.4 Å². The normalized spacial score (nSPS) is 19.1. The largest absolute Gasteiger partial charge is 0.490 e. The molecule has 0 bridgehead atoms. The second-order valence-electron chi connectivity index (χ2n) is 5.20. The Morgan fingerprint density at radius 2 is 2.32 bits per heavy atom. The molecule has 1 atom stereocenters. The van der Waals surface area contributed by atoms with Crippen molar-refractivity contribution in [1.29, 1.82) is 0 Å². The van der Waals surface area contributed by atoms with Gasteiger partial charge in [0.15, 0.2) is 0 Å². The highest BCUT2D eigenvalue weighted by Gasteiger charge is 2.14. The van der Waals surface area contributed by atoms with Gasteiger partial charge >= 0.3 is 0 Å². The fraction of sp³-hybridized carbons (Fsp3) is 0.600. The minimum atomic E-state index is 0.194. The molecular formula is C15H22BrNO2. The summed E-state index contributed by atoms with van der Waals surface area (Å²) in [7, 11) is 0. The zero-order chi connectivity index (χ0) is 13.7. The van der Waals surface area contributed by atoms with Crippen LogP contribution in [-0.2, 0) is 11.3 Å². The smallest absolute Gasteiger partial charge is 0.133 e. The van der Waals surface area contributed by atoms with Crippen molar-refractivity contribution < 1.29 is 9.47 Å². The van der Waals surface area contributed by atoms with Crippen LogP contribution in [0.2, 0.25) is 0 Å². The highest BCUT2D eigenvalue weighted by Crippen LogP contribution is 2.26. The second-order valence-corrected chi connectivity index (χ2v) is 6.05. The molecule has 0 aliphatic carbocycles. The lowest BCUT2D eigenvalue weighted by molar-refractivity contribution is 0.110. The number of nitrogens with one attached hydrogen (secondary N) is 1. The molecule has 1 fully saturated rings. The summed E-state index contributed by atoms with van der Waals surface area (Å²) < 4.78 is 12.3. The number of ether oxygens (including phenoxy) is 2. The maximum Gasteiger partial charge on any atom is 0.133 e. The number of halogens is 1. The molecule has 1 heterocycles. The highest BCUT2D eigenvalue weighted by atomic mass is 79.9. The van der Waals surface area contributed by atoms with E-state index in [9.17, 15) is 0 Å². The van der Waals surface area contributed by atoms with E-state index in [4.69, 9.17) is 9.47 Å². The lowest BCUT2D eigenvalue weighted by Crippen LogP contribution is -2.25. The highest BCUT2D eigenvalue weighted by molar-refractivity contribution is 9.10. The first-order chi connectivity index (χ1) is 9.15. The van der Waals surface area contributed by atoms with E-state index in [0.717, 1.165) is 29.9 Å². The van der Waals surface area contributed by atoms with Gasteiger partial charge in [0.1, 0.15) is 5.75 Å². The topological polar surface area (TPSA) is 30.5 Å². The van der Waals surface area contributed by atoms with E-state index in [1.807, 2.05) is 19.9 Å².